The molecule has 1 atom stereocenters. The average molecular weight is 188 g/mol. The van der Waals surface area contributed by atoms with Crippen LogP contribution in [0.5, 0.6) is 0 Å². The summed E-state index contributed by atoms with van der Waals surface area (Å²) in [5.74, 6) is 0.0691. The standard InChI is InChI=1S/C8H20N4O/c1-4-12(5-2)6-7(3)10-8(9)11-13/h7,13H,4-6H2,1-3H3,(H3,9,10,11). The van der Waals surface area contributed by atoms with E-state index in [-0.39, 0.29) is 12.0 Å². The van der Waals surface area contributed by atoms with E-state index in [4.69, 9.17) is 10.9 Å². The van der Waals surface area contributed by atoms with E-state index < -0.39 is 0 Å². The van der Waals surface area contributed by atoms with E-state index >= 15 is 0 Å². The van der Waals surface area contributed by atoms with E-state index in [9.17, 15) is 0 Å². The number of hydrogen-bond donors (Lipinski definition) is 3. The summed E-state index contributed by atoms with van der Waals surface area (Å²) in [5.41, 5.74) is 7.12. The Hall–Kier alpha value is -0.810. The van der Waals surface area contributed by atoms with Crippen molar-refractivity contribution < 1.29 is 5.21 Å². The molecular weight excluding hydrogens is 168 g/mol. The summed E-state index contributed by atoms with van der Waals surface area (Å²) in [5, 5.41) is 8.41. The molecule has 0 fully saturated rings. The highest BCUT2D eigenvalue weighted by Gasteiger charge is 2.05. The second kappa shape index (κ2) is 6.68. The highest BCUT2D eigenvalue weighted by atomic mass is 16.5. The Labute approximate surface area is 79.6 Å². The Morgan fingerprint density at radius 2 is 2.08 bits per heavy atom. The Morgan fingerprint density at radius 3 is 2.46 bits per heavy atom. The summed E-state index contributed by atoms with van der Waals surface area (Å²) >= 11 is 0. The van der Waals surface area contributed by atoms with Crippen LogP contribution in [0.1, 0.15) is 20.8 Å². The first kappa shape index (κ1) is 12.2. The third-order valence-electron chi connectivity index (χ3n) is 1.89. The smallest absolute Gasteiger partial charge is 0.213 e. The zero-order valence-corrected chi connectivity index (χ0v) is 8.62. The normalized spacial score (nSPS) is 14.7. The van der Waals surface area contributed by atoms with E-state index in [2.05, 4.69) is 23.7 Å². The number of aliphatic imine (C=N–C) groups is 1. The van der Waals surface area contributed by atoms with Crippen LogP contribution in [0.15, 0.2) is 4.99 Å². The first-order valence-electron chi connectivity index (χ1n) is 4.59. The zero-order chi connectivity index (χ0) is 10.3. The summed E-state index contributed by atoms with van der Waals surface area (Å²) < 4.78 is 0. The van der Waals surface area contributed by atoms with Crippen molar-refractivity contribution in [2.45, 2.75) is 26.8 Å². The van der Waals surface area contributed by atoms with Crippen molar-refractivity contribution in [3.05, 3.63) is 0 Å². The Morgan fingerprint density at radius 1 is 1.54 bits per heavy atom. The van der Waals surface area contributed by atoms with Gasteiger partial charge < -0.3 is 10.6 Å². The molecule has 0 rings (SSSR count). The average Bonchev–Trinajstić information content (AvgIpc) is 2.13. The van der Waals surface area contributed by atoms with E-state index in [1.165, 1.54) is 0 Å². The van der Waals surface area contributed by atoms with E-state index in [0.717, 1.165) is 19.6 Å². The number of guanidine groups is 1. The molecule has 0 spiro atoms. The molecule has 4 N–H and O–H groups in total. The van der Waals surface area contributed by atoms with Crippen LogP contribution in [-0.4, -0.2) is 41.7 Å². The molecule has 0 aliphatic rings. The van der Waals surface area contributed by atoms with Crippen molar-refractivity contribution in [1.82, 2.24) is 10.4 Å². The lowest BCUT2D eigenvalue weighted by molar-refractivity contribution is 0.230. The number of likely N-dealkylation sites (N-methyl/N-ethyl adjacent to an activating group) is 1. The molecule has 0 saturated heterocycles. The number of nitrogens with one attached hydrogen (secondary N) is 1. The van der Waals surface area contributed by atoms with Gasteiger partial charge in [0.1, 0.15) is 0 Å². The van der Waals surface area contributed by atoms with Gasteiger partial charge in [-0.05, 0) is 20.0 Å². The highest BCUT2D eigenvalue weighted by molar-refractivity contribution is 5.76. The Balaban J connectivity index is 3.91. The lowest BCUT2D eigenvalue weighted by Crippen LogP contribution is -2.34. The number of rotatable bonds is 5. The molecule has 13 heavy (non-hydrogen) atoms. The maximum Gasteiger partial charge on any atom is 0.213 e. The lowest BCUT2D eigenvalue weighted by atomic mass is 10.3. The fourth-order valence-corrected chi connectivity index (χ4v) is 1.16. The summed E-state index contributed by atoms with van der Waals surface area (Å²) in [4.78, 5) is 6.27. The molecule has 0 aromatic rings. The maximum atomic E-state index is 8.41. The molecule has 1 unspecified atom stereocenters. The minimum atomic E-state index is 0.0691. The second-order valence-electron chi connectivity index (χ2n) is 2.96. The predicted molar refractivity (Wildman–Crippen MR) is 53.8 cm³/mol. The van der Waals surface area contributed by atoms with Gasteiger partial charge in [0.2, 0.25) is 5.96 Å². The SMILES string of the molecule is CCN(CC)CC(C)N=C(N)NO. The maximum absolute atomic E-state index is 8.41. The highest BCUT2D eigenvalue weighted by Crippen LogP contribution is 1.95. The van der Waals surface area contributed by atoms with Crippen LogP contribution < -0.4 is 11.2 Å². The number of hydroxylamine groups is 1. The summed E-state index contributed by atoms with van der Waals surface area (Å²) in [7, 11) is 0. The molecule has 0 aliphatic carbocycles. The number of nitrogens with two attached hydrogens (primary N) is 1. The molecule has 0 aromatic carbocycles. The van der Waals surface area contributed by atoms with Gasteiger partial charge in [0.05, 0.1) is 6.04 Å². The van der Waals surface area contributed by atoms with Gasteiger partial charge in [0.25, 0.3) is 0 Å². The van der Waals surface area contributed by atoms with Gasteiger partial charge in [-0.1, -0.05) is 13.8 Å². The van der Waals surface area contributed by atoms with Crippen LogP contribution in [0.25, 0.3) is 0 Å². The molecule has 0 aromatic heterocycles. The minimum absolute atomic E-state index is 0.0691. The third-order valence-corrected chi connectivity index (χ3v) is 1.89. The molecule has 78 valence electrons. The van der Waals surface area contributed by atoms with Crippen molar-refractivity contribution >= 4 is 5.96 Å². The minimum Gasteiger partial charge on any atom is -0.368 e. The predicted octanol–water partition coefficient (Wildman–Crippen LogP) is 0.0102. The molecule has 0 radical (unpaired) electrons. The van der Waals surface area contributed by atoms with Gasteiger partial charge in [0.15, 0.2) is 0 Å². The zero-order valence-electron chi connectivity index (χ0n) is 8.62. The van der Waals surface area contributed by atoms with Crippen molar-refractivity contribution in [3.63, 3.8) is 0 Å². The van der Waals surface area contributed by atoms with Crippen molar-refractivity contribution in [2.24, 2.45) is 10.7 Å². The van der Waals surface area contributed by atoms with Gasteiger partial charge in [-0.2, -0.15) is 0 Å². The van der Waals surface area contributed by atoms with Gasteiger partial charge >= 0.3 is 0 Å². The monoisotopic (exact) mass is 188 g/mol. The van der Waals surface area contributed by atoms with Gasteiger partial charge in [-0.25, -0.2) is 10.5 Å². The van der Waals surface area contributed by atoms with Crippen LogP contribution in [0.4, 0.5) is 0 Å². The molecule has 0 aliphatic heterocycles. The third kappa shape index (κ3) is 5.43. The summed E-state index contributed by atoms with van der Waals surface area (Å²) in [6.07, 6.45) is 0. The van der Waals surface area contributed by atoms with Gasteiger partial charge in [-0.3, -0.25) is 5.21 Å². The molecule has 0 bridgehead atoms. The number of nitrogens with zero attached hydrogens (tertiary/aromatic N) is 2. The number of hydrogen-bond acceptors (Lipinski definition) is 3. The largest absolute Gasteiger partial charge is 0.368 e. The molecule has 5 heteroatoms. The summed E-state index contributed by atoms with van der Waals surface area (Å²) in [6, 6.07) is 0.0968. The van der Waals surface area contributed by atoms with Crippen molar-refractivity contribution in [2.75, 3.05) is 19.6 Å². The molecule has 0 amide bonds. The topological polar surface area (TPSA) is 73.9 Å². The Kier molecular flexibility index (Phi) is 6.26. The lowest BCUT2D eigenvalue weighted by Gasteiger charge is -2.20. The fraction of sp³-hybridized carbons (Fsp3) is 0.875. The van der Waals surface area contributed by atoms with E-state index in [1.54, 1.807) is 0 Å². The van der Waals surface area contributed by atoms with Gasteiger partial charge in [-0.15, -0.1) is 0 Å². The molecule has 0 saturated carbocycles. The quantitative estimate of drug-likeness (QED) is 0.323. The second-order valence-corrected chi connectivity index (χ2v) is 2.96. The molecular formula is C8H20N4O. The van der Waals surface area contributed by atoms with Crippen molar-refractivity contribution in [3.8, 4) is 0 Å². The molecule has 5 nitrogen and oxygen atoms in total. The summed E-state index contributed by atoms with van der Waals surface area (Å²) in [6.45, 7) is 9.03. The van der Waals surface area contributed by atoms with Crippen LogP contribution >= 0.6 is 0 Å². The van der Waals surface area contributed by atoms with Crippen LogP contribution in [-0.2, 0) is 0 Å². The van der Waals surface area contributed by atoms with E-state index in [1.807, 2.05) is 12.4 Å². The van der Waals surface area contributed by atoms with Gasteiger partial charge in [0, 0.05) is 6.54 Å². The van der Waals surface area contributed by atoms with Crippen LogP contribution in [0.2, 0.25) is 0 Å². The Bertz CT molecular complexity index is 156. The first-order valence-corrected chi connectivity index (χ1v) is 4.59. The van der Waals surface area contributed by atoms with Crippen LogP contribution in [0, 0.1) is 0 Å². The first-order chi connectivity index (χ1) is 6.13. The van der Waals surface area contributed by atoms with Crippen molar-refractivity contribution in [1.29, 1.82) is 0 Å². The molecule has 0 heterocycles. The van der Waals surface area contributed by atoms with Crippen LogP contribution in [0.3, 0.4) is 0 Å². The van der Waals surface area contributed by atoms with E-state index in [0.29, 0.717) is 0 Å². The fourth-order valence-electron chi connectivity index (χ4n) is 1.16.